The lowest BCUT2D eigenvalue weighted by molar-refractivity contribution is 0.157. The summed E-state index contributed by atoms with van der Waals surface area (Å²) < 4.78 is 39.1. The van der Waals surface area contributed by atoms with Crippen molar-refractivity contribution in [2.45, 2.75) is 51.6 Å². The zero-order valence-electron chi connectivity index (χ0n) is 10.6. The number of unbranched alkanes of at least 4 members (excludes halogenated alkanes) is 4. The highest BCUT2D eigenvalue weighted by atomic mass is 19.2. The van der Waals surface area contributed by atoms with Crippen LogP contribution in [0.15, 0.2) is 12.1 Å². The number of halogens is 3. The molecule has 0 aliphatic heterocycles. The summed E-state index contributed by atoms with van der Waals surface area (Å²) in [6, 6.07) is 1.94. The monoisotopic (exact) mass is 260 g/mol. The Morgan fingerprint density at radius 3 is 2.33 bits per heavy atom. The van der Waals surface area contributed by atoms with Gasteiger partial charge in [0.15, 0.2) is 17.5 Å². The van der Waals surface area contributed by atoms with Crippen LogP contribution in [0.3, 0.4) is 0 Å². The predicted octanol–water partition coefficient (Wildman–Crippen LogP) is 4.50. The molecule has 0 heterocycles. The highest BCUT2D eigenvalue weighted by Gasteiger charge is 2.18. The van der Waals surface area contributed by atoms with Crippen LogP contribution < -0.4 is 0 Å². The minimum absolute atomic E-state index is 0.163. The van der Waals surface area contributed by atoms with Crippen molar-refractivity contribution in [3.05, 3.63) is 35.1 Å². The van der Waals surface area contributed by atoms with Gasteiger partial charge in [-0.15, -0.1) is 0 Å². The minimum Gasteiger partial charge on any atom is -0.388 e. The zero-order chi connectivity index (χ0) is 13.5. The molecular weight excluding hydrogens is 241 g/mol. The highest BCUT2D eigenvalue weighted by molar-refractivity contribution is 5.22. The van der Waals surface area contributed by atoms with Gasteiger partial charge in [0.2, 0.25) is 0 Å². The van der Waals surface area contributed by atoms with Gasteiger partial charge in [-0.2, -0.15) is 0 Å². The van der Waals surface area contributed by atoms with Gasteiger partial charge in [-0.25, -0.2) is 13.2 Å². The standard InChI is InChI=1S/C14H19F3O/c1-2-3-4-5-6-7-12(18)10-8-9-11(15)14(17)13(10)16/h8-9,12,18H,2-7H2,1H3. The number of aliphatic hydroxyl groups excluding tert-OH is 1. The molecule has 1 aromatic carbocycles. The van der Waals surface area contributed by atoms with Crippen LogP contribution in [0.1, 0.15) is 57.1 Å². The van der Waals surface area contributed by atoms with Crippen molar-refractivity contribution < 1.29 is 18.3 Å². The van der Waals surface area contributed by atoms with Crippen molar-refractivity contribution in [1.29, 1.82) is 0 Å². The van der Waals surface area contributed by atoms with Gasteiger partial charge in [0.25, 0.3) is 0 Å². The molecule has 102 valence electrons. The molecule has 0 bridgehead atoms. The van der Waals surface area contributed by atoms with Crippen LogP contribution in [-0.4, -0.2) is 5.11 Å². The first kappa shape index (κ1) is 15.0. The second-order valence-corrected chi connectivity index (χ2v) is 4.48. The van der Waals surface area contributed by atoms with E-state index < -0.39 is 23.6 Å². The predicted molar refractivity (Wildman–Crippen MR) is 64.7 cm³/mol. The van der Waals surface area contributed by atoms with E-state index in [2.05, 4.69) is 6.92 Å². The van der Waals surface area contributed by atoms with E-state index in [9.17, 15) is 18.3 Å². The highest BCUT2D eigenvalue weighted by Crippen LogP contribution is 2.25. The van der Waals surface area contributed by atoms with Crippen LogP contribution in [0.25, 0.3) is 0 Å². The Morgan fingerprint density at radius 1 is 1.00 bits per heavy atom. The van der Waals surface area contributed by atoms with E-state index >= 15 is 0 Å². The van der Waals surface area contributed by atoms with Crippen molar-refractivity contribution in [1.82, 2.24) is 0 Å². The Balaban J connectivity index is 2.51. The molecule has 0 radical (unpaired) electrons. The summed E-state index contributed by atoms with van der Waals surface area (Å²) in [5, 5.41) is 9.74. The van der Waals surface area contributed by atoms with Crippen LogP contribution in [0, 0.1) is 17.5 Å². The van der Waals surface area contributed by atoms with E-state index in [1.54, 1.807) is 0 Å². The third-order valence-corrected chi connectivity index (χ3v) is 3.01. The molecule has 1 atom stereocenters. The van der Waals surface area contributed by atoms with Crippen LogP contribution >= 0.6 is 0 Å². The topological polar surface area (TPSA) is 20.2 Å². The Hall–Kier alpha value is -1.03. The fourth-order valence-corrected chi connectivity index (χ4v) is 1.89. The van der Waals surface area contributed by atoms with Crippen molar-refractivity contribution in [2.24, 2.45) is 0 Å². The maximum absolute atomic E-state index is 13.4. The Kier molecular flexibility index (Phi) is 6.19. The average Bonchev–Trinajstić information content (AvgIpc) is 2.35. The fraction of sp³-hybridized carbons (Fsp3) is 0.571. The summed E-state index contributed by atoms with van der Waals surface area (Å²) in [5.74, 6) is -4.03. The van der Waals surface area contributed by atoms with Gasteiger partial charge in [-0.05, 0) is 12.5 Å². The van der Waals surface area contributed by atoms with E-state index in [0.29, 0.717) is 6.42 Å². The van der Waals surface area contributed by atoms with Gasteiger partial charge < -0.3 is 5.11 Å². The van der Waals surface area contributed by atoms with E-state index in [1.165, 1.54) is 0 Å². The van der Waals surface area contributed by atoms with Gasteiger partial charge in [-0.3, -0.25) is 0 Å². The first-order valence-corrected chi connectivity index (χ1v) is 6.39. The van der Waals surface area contributed by atoms with Crippen LogP contribution in [-0.2, 0) is 0 Å². The smallest absolute Gasteiger partial charge is 0.194 e. The van der Waals surface area contributed by atoms with Crippen LogP contribution in [0.4, 0.5) is 13.2 Å². The van der Waals surface area contributed by atoms with Crippen molar-refractivity contribution in [3.63, 3.8) is 0 Å². The molecule has 0 amide bonds. The first-order chi connectivity index (χ1) is 8.57. The molecule has 1 N–H and O–H groups in total. The number of hydrogen-bond donors (Lipinski definition) is 1. The molecule has 0 saturated heterocycles. The molecule has 4 heteroatoms. The quantitative estimate of drug-likeness (QED) is 0.565. The van der Waals surface area contributed by atoms with Crippen molar-refractivity contribution in [3.8, 4) is 0 Å². The van der Waals surface area contributed by atoms with E-state index in [4.69, 9.17) is 0 Å². The molecule has 1 aromatic rings. The van der Waals surface area contributed by atoms with E-state index in [1.807, 2.05) is 0 Å². The SMILES string of the molecule is CCCCCCCC(O)c1ccc(F)c(F)c1F. The number of rotatable bonds is 7. The van der Waals surface area contributed by atoms with Gasteiger partial charge >= 0.3 is 0 Å². The molecule has 0 fully saturated rings. The normalized spacial score (nSPS) is 12.7. The van der Waals surface area contributed by atoms with E-state index in [-0.39, 0.29) is 5.56 Å². The Labute approximate surface area is 106 Å². The molecule has 0 aliphatic carbocycles. The molecule has 1 nitrogen and oxygen atoms in total. The zero-order valence-corrected chi connectivity index (χ0v) is 10.6. The molecule has 0 spiro atoms. The van der Waals surface area contributed by atoms with Gasteiger partial charge in [0.05, 0.1) is 6.10 Å². The maximum Gasteiger partial charge on any atom is 0.194 e. The molecule has 18 heavy (non-hydrogen) atoms. The van der Waals surface area contributed by atoms with Crippen molar-refractivity contribution in [2.75, 3.05) is 0 Å². The van der Waals surface area contributed by atoms with E-state index in [0.717, 1.165) is 44.2 Å². The molecule has 0 saturated carbocycles. The Morgan fingerprint density at radius 2 is 1.67 bits per heavy atom. The first-order valence-electron chi connectivity index (χ1n) is 6.39. The average molecular weight is 260 g/mol. The number of hydrogen-bond acceptors (Lipinski definition) is 1. The largest absolute Gasteiger partial charge is 0.388 e. The van der Waals surface area contributed by atoms with Crippen LogP contribution in [0.5, 0.6) is 0 Å². The second kappa shape index (κ2) is 7.41. The fourth-order valence-electron chi connectivity index (χ4n) is 1.89. The third-order valence-electron chi connectivity index (χ3n) is 3.01. The summed E-state index contributed by atoms with van der Waals surface area (Å²) in [6.45, 7) is 2.10. The summed E-state index contributed by atoms with van der Waals surface area (Å²) in [7, 11) is 0. The van der Waals surface area contributed by atoms with Crippen LogP contribution in [0.2, 0.25) is 0 Å². The lowest BCUT2D eigenvalue weighted by atomic mass is 10.0. The molecule has 0 aromatic heterocycles. The minimum atomic E-state index is -1.52. The van der Waals surface area contributed by atoms with Gasteiger partial charge in [-0.1, -0.05) is 45.1 Å². The summed E-state index contributed by atoms with van der Waals surface area (Å²) in [5.41, 5.74) is -0.163. The van der Waals surface area contributed by atoms with Gasteiger partial charge in [0, 0.05) is 5.56 Å². The summed E-state index contributed by atoms with van der Waals surface area (Å²) >= 11 is 0. The third kappa shape index (κ3) is 4.02. The Bertz CT molecular complexity index is 380. The summed E-state index contributed by atoms with van der Waals surface area (Å²) in [4.78, 5) is 0. The molecular formula is C14H19F3O. The molecule has 1 unspecified atom stereocenters. The second-order valence-electron chi connectivity index (χ2n) is 4.48. The molecule has 0 aliphatic rings. The summed E-state index contributed by atoms with van der Waals surface area (Å²) in [6.07, 6.45) is 4.34. The van der Waals surface area contributed by atoms with Crippen molar-refractivity contribution >= 4 is 0 Å². The maximum atomic E-state index is 13.4. The lowest BCUT2D eigenvalue weighted by Gasteiger charge is -2.12. The lowest BCUT2D eigenvalue weighted by Crippen LogP contribution is -2.04. The number of benzene rings is 1. The molecule has 1 rings (SSSR count). The number of aliphatic hydroxyl groups is 1. The van der Waals surface area contributed by atoms with Gasteiger partial charge in [0.1, 0.15) is 0 Å².